The third-order valence-electron chi connectivity index (χ3n) is 3.21. The molecule has 2 heterocycles. The molecule has 17 heavy (non-hydrogen) atoms. The van der Waals surface area contributed by atoms with Crippen molar-refractivity contribution >= 4 is 23.6 Å². The van der Waals surface area contributed by atoms with Crippen LogP contribution in [0, 0.1) is 5.41 Å². The highest BCUT2D eigenvalue weighted by Gasteiger charge is 2.49. The molecule has 0 aromatic carbocycles. The van der Waals surface area contributed by atoms with Gasteiger partial charge >= 0.3 is 6.09 Å². The molecule has 4 nitrogen and oxygen atoms in total. The molecule has 1 unspecified atom stereocenters. The Hall–Kier alpha value is -0.710. The lowest BCUT2D eigenvalue weighted by Crippen LogP contribution is -2.39. The van der Waals surface area contributed by atoms with E-state index in [1.54, 1.807) is 16.7 Å². The van der Waals surface area contributed by atoms with E-state index in [4.69, 9.17) is 4.74 Å². The maximum atomic E-state index is 11.9. The maximum Gasteiger partial charge on any atom is 0.410 e. The predicted molar refractivity (Wildman–Crippen MR) is 67.2 cm³/mol. The predicted octanol–water partition coefficient (Wildman–Crippen LogP) is 1.93. The summed E-state index contributed by atoms with van der Waals surface area (Å²) in [6.45, 7) is 6.74. The van der Waals surface area contributed by atoms with Gasteiger partial charge in [0.15, 0.2) is 5.78 Å². The number of thioether (sulfide) groups is 1. The molecule has 2 aliphatic rings. The molecule has 0 radical (unpaired) electrons. The van der Waals surface area contributed by atoms with Gasteiger partial charge in [-0.05, 0) is 27.2 Å². The Morgan fingerprint density at radius 1 is 1.47 bits per heavy atom. The van der Waals surface area contributed by atoms with E-state index < -0.39 is 5.60 Å². The van der Waals surface area contributed by atoms with E-state index in [1.807, 2.05) is 20.8 Å². The second-order valence-corrected chi connectivity index (χ2v) is 6.83. The first-order chi connectivity index (χ1) is 7.82. The normalized spacial score (nSPS) is 29.1. The van der Waals surface area contributed by atoms with E-state index in [0.29, 0.717) is 24.6 Å². The molecule has 2 aliphatic heterocycles. The monoisotopic (exact) mass is 257 g/mol. The number of carbonyl (C=O) groups excluding carboxylic acids is 2. The highest BCUT2D eigenvalue weighted by atomic mass is 32.2. The van der Waals surface area contributed by atoms with E-state index in [2.05, 4.69) is 0 Å². The molecular formula is C12H19NO3S. The molecule has 0 aliphatic carbocycles. The van der Waals surface area contributed by atoms with Crippen LogP contribution in [0.4, 0.5) is 4.79 Å². The van der Waals surface area contributed by atoms with Gasteiger partial charge < -0.3 is 9.64 Å². The van der Waals surface area contributed by atoms with Crippen molar-refractivity contribution in [2.24, 2.45) is 5.41 Å². The molecule has 2 fully saturated rings. The topological polar surface area (TPSA) is 46.6 Å². The number of amides is 1. The van der Waals surface area contributed by atoms with Gasteiger partial charge in [0.25, 0.3) is 0 Å². The number of Topliss-reactive ketones (excluding diaryl/α,β-unsaturated/α-hetero) is 1. The van der Waals surface area contributed by atoms with Gasteiger partial charge in [-0.15, -0.1) is 0 Å². The molecule has 1 atom stereocenters. The SMILES string of the molecule is CC(C)(C)OC(=O)N1CCC2(CSCC2=O)C1. The zero-order chi connectivity index (χ0) is 12.7. The first-order valence-electron chi connectivity index (χ1n) is 5.91. The number of rotatable bonds is 0. The van der Waals surface area contributed by atoms with Crippen LogP contribution in [0.5, 0.6) is 0 Å². The van der Waals surface area contributed by atoms with Crippen LogP contribution in [-0.2, 0) is 9.53 Å². The number of ketones is 1. The third-order valence-corrected chi connectivity index (χ3v) is 4.43. The average Bonchev–Trinajstić information content (AvgIpc) is 2.74. The molecule has 0 aromatic rings. The summed E-state index contributed by atoms with van der Waals surface area (Å²) >= 11 is 1.68. The van der Waals surface area contributed by atoms with Gasteiger partial charge in [-0.25, -0.2) is 4.79 Å². The standard InChI is InChI=1S/C12H19NO3S/c1-11(2,3)16-10(15)13-5-4-12(7-13)8-17-6-9(12)14/h4-8H2,1-3H3. The lowest BCUT2D eigenvalue weighted by atomic mass is 9.86. The lowest BCUT2D eigenvalue weighted by Gasteiger charge is -2.25. The van der Waals surface area contributed by atoms with Gasteiger partial charge in [-0.2, -0.15) is 11.8 Å². The summed E-state index contributed by atoms with van der Waals surface area (Å²) in [5, 5.41) is 0. The van der Waals surface area contributed by atoms with E-state index in [0.717, 1.165) is 12.2 Å². The van der Waals surface area contributed by atoms with Crippen molar-refractivity contribution in [1.82, 2.24) is 4.90 Å². The minimum atomic E-state index is -0.471. The van der Waals surface area contributed by atoms with E-state index in [1.165, 1.54) is 0 Å². The second-order valence-electron chi connectivity index (χ2n) is 5.85. The molecule has 1 amide bonds. The van der Waals surface area contributed by atoms with Crippen molar-refractivity contribution in [1.29, 1.82) is 0 Å². The Morgan fingerprint density at radius 2 is 2.18 bits per heavy atom. The Labute approximate surface area is 106 Å². The van der Waals surface area contributed by atoms with Crippen LogP contribution in [0.2, 0.25) is 0 Å². The molecule has 0 bridgehead atoms. The largest absolute Gasteiger partial charge is 0.444 e. The van der Waals surface area contributed by atoms with E-state index in [-0.39, 0.29) is 11.5 Å². The summed E-state index contributed by atoms with van der Waals surface area (Å²) in [6.07, 6.45) is 0.497. The van der Waals surface area contributed by atoms with Crippen molar-refractivity contribution < 1.29 is 14.3 Å². The Balaban J connectivity index is 1.98. The van der Waals surface area contributed by atoms with E-state index in [9.17, 15) is 9.59 Å². The lowest BCUT2D eigenvalue weighted by molar-refractivity contribution is -0.123. The van der Waals surface area contributed by atoms with Crippen LogP contribution in [0.15, 0.2) is 0 Å². The molecule has 0 N–H and O–H groups in total. The fourth-order valence-corrected chi connectivity index (χ4v) is 3.65. The van der Waals surface area contributed by atoms with Gasteiger partial charge in [-0.1, -0.05) is 0 Å². The summed E-state index contributed by atoms with van der Waals surface area (Å²) in [5.74, 6) is 1.75. The summed E-state index contributed by atoms with van der Waals surface area (Å²) in [6, 6.07) is 0. The van der Waals surface area contributed by atoms with Crippen molar-refractivity contribution in [3.8, 4) is 0 Å². The summed E-state index contributed by atoms with van der Waals surface area (Å²) in [4.78, 5) is 25.4. The summed E-state index contributed by atoms with van der Waals surface area (Å²) < 4.78 is 5.33. The van der Waals surface area contributed by atoms with Gasteiger partial charge in [0.05, 0.1) is 11.2 Å². The van der Waals surface area contributed by atoms with Gasteiger partial charge in [-0.3, -0.25) is 4.79 Å². The number of nitrogens with zero attached hydrogens (tertiary/aromatic N) is 1. The van der Waals surface area contributed by atoms with Crippen LogP contribution in [0.1, 0.15) is 27.2 Å². The minimum absolute atomic E-state index is 0.276. The van der Waals surface area contributed by atoms with Crippen LogP contribution in [0.3, 0.4) is 0 Å². The Bertz CT molecular complexity index is 350. The molecule has 2 rings (SSSR count). The molecule has 2 saturated heterocycles. The fourth-order valence-electron chi connectivity index (χ4n) is 2.27. The van der Waals surface area contributed by atoms with Crippen molar-refractivity contribution in [3.05, 3.63) is 0 Å². The van der Waals surface area contributed by atoms with E-state index >= 15 is 0 Å². The fraction of sp³-hybridized carbons (Fsp3) is 0.833. The van der Waals surface area contributed by atoms with Gasteiger partial charge in [0.1, 0.15) is 5.60 Å². The highest BCUT2D eigenvalue weighted by molar-refractivity contribution is 8.00. The molecule has 0 aromatic heterocycles. The van der Waals surface area contributed by atoms with Gasteiger partial charge in [0.2, 0.25) is 0 Å². The quantitative estimate of drug-likeness (QED) is 0.665. The molecule has 1 spiro atoms. The summed E-state index contributed by atoms with van der Waals surface area (Å²) in [7, 11) is 0. The Morgan fingerprint density at radius 3 is 2.71 bits per heavy atom. The number of ether oxygens (including phenoxy) is 1. The molecular weight excluding hydrogens is 238 g/mol. The third kappa shape index (κ3) is 2.59. The number of hydrogen-bond acceptors (Lipinski definition) is 4. The second kappa shape index (κ2) is 4.19. The first kappa shape index (κ1) is 12.7. The van der Waals surface area contributed by atoms with Crippen molar-refractivity contribution in [2.75, 3.05) is 24.6 Å². The van der Waals surface area contributed by atoms with Crippen molar-refractivity contribution in [2.45, 2.75) is 32.8 Å². The van der Waals surface area contributed by atoms with Crippen molar-refractivity contribution in [3.63, 3.8) is 0 Å². The maximum absolute atomic E-state index is 11.9. The molecule has 96 valence electrons. The molecule has 0 saturated carbocycles. The highest BCUT2D eigenvalue weighted by Crippen LogP contribution is 2.41. The number of hydrogen-bond donors (Lipinski definition) is 0. The number of likely N-dealkylation sites (tertiary alicyclic amines) is 1. The minimum Gasteiger partial charge on any atom is -0.444 e. The van der Waals surface area contributed by atoms with Crippen LogP contribution in [0.25, 0.3) is 0 Å². The zero-order valence-corrected chi connectivity index (χ0v) is 11.4. The van der Waals surface area contributed by atoms with Crippen LogP contribution >= 0.6 is 11.8 Å². The van der Waals surface area contributed by atoms with Gasteiger partial charge in [0, 0.05) is 18.8 Å². The first-order valence-corrected chi connectivity index (χ1v) is 7.07. The van der Waals surface area contributed by atoms with Crippen LogP contribution < -0.4 is 0 Å². The Kier molecular flexibility index (Phi) is 3.14. The smallest absolute Gasteiger partial charge is 0.410 e. The molecule has 5 heteroatoms. The summed E-state index contributed by atoms with van der Waals surface area (Å²) in [5.41, 5.74) is -0.747. The number of carbonyl (C=O) groups is 2. The average molecular weight is 257 g/mol. The zero-order valence-electron chi connectivity index (χ0n) is 10.6. The van der Waals surface area contributed by atoms with Crippen LogP contribution in [-0.4, -0.2) is 47.0 Å².